The van der Waals surface area contributed by atoms with Crippen molar-refractivity contribution in [1.29, 1.82) is 0 Å². The number of fused-ring (bicyclic) bond motifs is 2. The number of halogens is 1. The predicted octanol–water partition coefficient (Wildman–Crippen LogP) is 2.96. The van der Waals surface area contributed by atoms with Crippen molar-refractivity contribution in [3.05, 3.63) is 34.9 Å². The van der Waals surface area contributed by atoms with Gasteiger partial charge in [0.2, 0.25) is 5.91 Å². The number of nitrogens with zero attached hydrogens (tertiary/aromatic N) is 1. The monoisotopic (exact) mass is 290 g/mol. The summed E-state index contributed by atoms with van der Waals surface area (Å²) in [7, 11) is 0. The number of carbonyl (C=O) groups is 1. The predicted molar refractivity (Wildman–Crippen MR) is 78.3 cm³/mol. The topological polar surface area (TPSA) is 32.3 Å². The Hall–Kier alpha value is -1.06. The Bertz CT molecular complexity index is 547. The first-order chi connectivity index (χ1) is 9.72. The summed E-state index contributed by atoms with van der Waals surface area (Å²) in [5, 5.41) is 4.09. The van der Waals surface area contributed by atoms with Gasteiger partial charge < -0.3 is 4.90 Å². The van der Waals surface area contributed by atoms with Gasteiger partial charge in [-0.2, -0.15) is 0 Å². The standard InChI is InChI=1S/C16H19ClN2O/c17-13-3-1-2-12(8-13)16-18-9-15(20)19(16)14-7-10-4-5-11(14)6-10/h1-3,8,10-11,14,16,18H,4-7,9H2. The minimum Gasteiger partial charge on any atom is -0.319 e. The molecule has 0 radical (unpaired) electrons. The van der Waals surface area contributed by atoms with E-state index in [1.54, 1.807) is 0 Å². The number of amides is 1. The largest absolute Gasteiger partial charge is 0.319 e. The smallest absolute Gasteiger partial charge is 0.238 e. The first-order valence-electron chi connectivity index (χ1n) is 7.52. The van der Waals surface area contributed by atoms with Crippen molar-refractivity contribution >= 4 is 17.5 Å². The maximum absolute atomic E-state index is 12.3. The van der Waals surface area contributed by atoms with Gasteiger partial charge in [0, 0.05) is 11.1 Å². The lowest BCUT2D eigenvalue weighted by Gasteiger charge is -2.35. The van der Waals surface area contributed by atoms with Crippen LogP contribution in [0.25, 0.3) is 0 Å². The van der Waals surface area contributed by atoms with Gasteiger partial charge in [0.05, 0.1) is 6.54 Å². The highest BCUT2D eigenvalue weighted by Crippen LogP contribution is 2.48. The van der Waals surface area contributed by atoms with E-state index in [1.165, 1.54) is 25.7 Å². The maximum Gasteiger partial charge on any atom is 0.238 e. The van der Waals surface area contributed by atoms with Crippen molar-refractivity contribution in [2.75, 3.05) is 6.54 Å². The quantitative estimate of drug-likeness (QED) is 0.908. The van der Waals surface area contributed by atoms with E-state index < -0.39 is 0 Å². The molecular weight excluding hydrogens is 272 g/mol. The molecule has 1 heterocycles. The van der Waals surface area contributed by atoms with E-state index in [2.05, 4.69) is 16.3 Å². The summed E-state index contributed by atoms with van der Waals surface area (Å²) < 4.78 is 0. The number of hydrogen-bond donors (Lipinski definition) is 1. The third-order valence-corrected chi connectivity index (χ3v) is 5.47. The van der Waals surface area contributed by atoms with Crippen molar-refractivity contribution in [2.45, 2.75) is 37.9 Å². The van der Waals surface area contributed by atoms with Crippen LogP contribution in [0.15, 0.2) is 24.3 Å². The van der Waals surface area contributed by atoms with Crippen molar-refractivity contribution < 1.29 is 4.79 Å². The summed E-state index contributed by atoms with van der Waals surface area (Å²) in [6.07, 6.45) is 5.16. The van der Waals surface area contributed by atoms with Gasteiger partial charge >= 0.3 is 0 Å². The fraction of sp³-hybridized carbons (Fsp3) is 0.562. The van der Waals surface area contributed by atoms with Crippen LogP contribution in [0.3, 0.4) is 0 Å². The summed E-state index contributed by atoms with van der Waals surface area (Å²) in [6, 6.07) is 8.30. The number of carbonyl (C=O) groups excluding carboxylic acids is 1. The van der Waals surface area contributed by atoms with Crippen LogP contribution < -0.4 is 5.32 Å². The Morgan fingerprint density at radius 2 is 2.15 bits per heavy atom. The van der Waals surface area contributed by atoms with Crippen molar-refractivity contribution in [3.8, 4) is 0 Å². The average molecular weight is 291 g/mol. The second-order valence-corrected chi connectivity index (χ2v) is 6.82. The van der Waals surface area contributed by atoms with Crippen LogP contribution in [0.2, 0.25) is 5.02 Å². The van der Waals surface area contributed by atoms with Gasteiger partial charge in [0.15, 0.2) is 0 Å². The fourth-order valence-corrected chi connectivity index (χ4v) is 4.60. The molecule has 4 unspecified atom stereocenters. The second-order valence-electron chi connectivity index (χ2n) is 6.38. The summed E-state index contributed by atoms with van der Waals surface area (Å²) >= 11 is 6.10. The summed E-state index contributed by atoms with van der Waals surface area (Å²) in [5.41, 5.74) is 1.10. The van der Waals surface area contributed by atoms with Gasteiger partial charge in [-0.1, -0.05) is 30.2 Å². The SMILES string of the molecule is O=C1CNC(c2cccc(Cl)c2)N1C1CC2CCC1C2. The summed E-state index contributed by atoms with van der Waals surface area (Å²) in [6.45, 7) is 0.449. The molecule has 106 valence electrons. The molecule has 1 N–H and O–H groups in total. The molecule has 1 saturated heterocycles. The highest BCUT2D eigenvalue weighted by atomic mass is 35.5. The first kappa shape index (κ1) is 12.7. The molecule has 1 aromatic rings. The zero-order chi connectivity index (χ0) is 13.7. The average Bonchev–Trinajstić information content (AvgIpc) is 3.13. The van der Waals surface area contributed by atoms with Crippen molar-refractivity contribution in [2.24, 2.45) is 11.8 Å². The van der Waals surface area contributed by atoms with Crippen LogP contribution in [0, 0.1) is 11.8 Å². The lowest BCUT2D eigenvalue weighted by Crippen LogP contribution is -2.42. The third-order valence-electron chi connectivity index (χ3n) is 5.24. The van der Waals surface area contributed by atoms with Gasteiger partial charge in [0.1, 0.15) is 6.17 Å². The lowest BCUT2D eigenvalue weighted by molar-refractivity contribution is -0.131. The molecule has 0 spiro atoms. The number of rotatable bonds is 2. The van der Waals surface area contributed by atoms with E-state index in [0.29, 0.717) is 18.5 Å². The molecular formula is C16H19ClN2O. The van der Waals surface area contributed by atoms with Crippen LogP contribution in [0.4, 0.5) is 0 Å². The number of benzene rings is 1. The molecule has 3 nitrogen and oxygen atoms in total. The van der Waals surface area contributed by atoms with Gasteiger partial charge in [0.25, 0.3) is 0 Å². The first-order valence-corrected chi connectivity index (χ1v) is 7.90. The maximum atomic E-state index is 12.3. The Morgan fingerprint density at radius 1 is 1.25 bits per heavy atom. The zero-order valence-corrected chi connectivity index (χ0v) is 12.1. The van der Waals surface area contributed by atoms with E-state index >= 15 is 0 Å². The molecule has 2 aliphatic carbocycles. The Labute approximate surface area is 124 Å². The molecule has 1 aliphatic heterocycles. The van der Waals surface area contributed by atoms with Crippen molar-refractivity contribution in [3.63, 3.8) is 0 Å². The molecule has 3 aliphatic rings. The van der Waals surface area contributed by atoms with Gasteiger partial charge in [-0.25, -0.2) is 0 Å². The van der Waals surface area contributed by atoms with E-state index in [4.69, 9.17) is 11.6 Å². The van der Waals surface area contributed by atoms with Crippen LogP contribution >= 0.6 is 11.6 Å². The normalized spacial score (nSPS) is 36.0. The lowest BCUT2D eigenvalue weighted by atomic mass is 9.93. The number of hydrogen-bond acceptors (Lipinski definition) is 2. The summed E-state index contributed by atoms with van der Waals surface area (Å²) in [5.74, 6) is 1.80. The molecule has 1 aromatic carbocycles. The molecule has 4 atom stereocenters. The molecule has 4 rings (SSSR count). The highest BCUT2D eigenvalue weighted by Gasteiger charge is 2.47. The Balaban J connectivity index is 1.64. The minimum absolute atomic E-state index is 0.00514. The molecule has 4 heteroatoms. The third kappa shape index (κ3) is 1.95. The molecule has 3 fully saturated rings. The van der Waals surface area contributed by atoms with Crippen LogP contribution in [-0.2, 0) is 4.79 Å². The number of nitrogens with one attached hydrogen (secondary N) is 1. The van der Waals surface area contributed by atoms with E-state index in [-0.39, 0.29) is 12.1 Å². The van der Waals surface area contributed by atoms with E-state index in [1.807, 2.05) is 18.2 Å². The van der Waals surface area contributed by atoms with E-state index in [0.717, 1.165) is 16.5 Å². The van der Waals surface area contributed by atoms with Crippen molar-refractivity contribution in [1.82, 2.24) is 10.2 Å². The Morgan fingerprint density at radius 3 is 2.85 bits per heavy atom. The minimum atomic E-state index is 0.00514. The zero-order valence-electron chi connectivity index (χ0n) is 11.4. The van der Waals surface area contributed by atoms with Crippen LogP contribution in [-0.4, -0.2) is 23.4 Å². The fourth-order valence-electron chi connectivity index (χ4n) is 4.40. The Kier molecular flexibility index (Phi) is 3.00. The highest BCUT2D eigenvalue weighted by molar-refractivity contribution is 6.30. The second kappa shape index (κ2) is 4.74. The molecule has 1 amide bonds. The van der Waals surface area contributed by atoms with Gasteiger partial charge in [-0.15, -0.1) is 0 Å². The van der Waals surface area contributed by atoms with Gasteiger partial charge in [-0.05, 0) is 48.8 Å². The van der Waals surface area contributed by atoms with Crippen LogP contribution in [0.1, 0.15) is 37.4 Å². The van der Waals surface area contributed by atoms with Gasteiger partial charge in [-0.3, -0.25) is 10.1 Å². The molecule has 2 bridgehead atoms. The molecule has 0 aromatic heterocycles. The molecule has 2 saturated carbocycles. The van der Waals surface area contributed by atoms with E-state index in [9.17, 15) is 4.79 Å². The van der Waals surface area contributed by atoms with Crippen LogP contribution in [0.5, 0.6) is 0 Å². The summed E-state index contributed by atoms with van der Waals surface area (Å²) in [4.78, 5) is 14.4. The molecule has 20 heavy (non-hydrogen) atoms.